The smallest absolute Gasteiger partial charge is 0.148 e. The Labute approximate surface area is 424 Å². The number of nitrogens with zero attached hydrogens (tertiary/aromatic N) is 2. The fourth-order valence-electron chi connectivity index (χ4n) is 11.6. The van der Waals surface area contributed by atoms with E-state index in [-0.39, 0.29) is 11.2 Å². The lowest BCUT2D eigenvalue weighted by Gasteiger charge is -2.32. The summed E-state index contributed by atoms with van der Waals surface area (Å²) in [6.07, 6.45) is 0. The van der Waals surface area contributed by atoms with Gasteiger partial charge in [0.15, 0.2) is 0 Å². The average Bonchev–Trinajstić information content (AvgIpc) is 3.98. The highest BCUT2D eigenvalue weighted by molar-refractivity contribution is 6.88. The van der Waals surface area contributed by atoms with Crippen molar-refractivity contribution in [1.82, 2.24) is 0 Å². The van der Waals surface area contributed by atoms with Gasteiger partial charge in [0.05, 0.1) is 19.4 Å². The molecule has 2 aliphatic carbocycles. The number of anilines is 6. The Balaban J connectivity index is 1.00. The predicted octanol–water partition coefficient (Wildman–Crippen LogP) is 18.5. The third kappa shape index (κ3) is 7.37. The molecule has 1 aromatic heterocycles. The summed E-state index contributed by atoms with van der Waals surface area (Å²) in [6, 6.07) is 76.3. The summed E-state index contributed by atoms with van der Waals surface area (Å²) in [4.78, 5) is 4.52. The second-order valence-electron chi connectivity index (χ2n) is 21.5. The van der Waals surface area contributed by atoms with Gasteiger partial charge in [0.2, 0.25) is 0 Å². The standard InChI is InChI=1S/C67H57FN2OSi/c1-66(2)57-42-50(69(48-28-18-11-19-29-48)49-32-36-52(37-33-49)72(5,6)7)34-38-54(57)64-61(66)62-65(71-64)55-39-35-51(43-58(55)67(62,3)4)70(60-31-21-20-30-53(60)45-24-14-9-15-25-45)63-56(46-26-16-10-17-27-46)40-47(41-59(63)68)44-22-12-8-13-23-44/h8-43H,1-7H3. The zero-order valence-electron chi connectivity index (χ0n) is 42.0. The first-order valence-corrected chi connectivity index (χ1v) is 28.6. The first-order chi connectivity index (χ1) is 34.8. The van der Waals surface area contributed by atoms with Crippen molar-refractivity contribution >= 4 is 47.4 Å². The summed E-state index contributed by atoms with van der Waals surface area (Å²) in [7, 11) is -1.49. The Morgan fingerprint density at radius 1 is 0.389 bits per heavy atom. The van der Waals surface area contributed by atoms with E-state index in [1.54, 1.807) is 6.07 Å². The fourth-order valence-corrected chi connectivity index (χ4v) is 12.7. The molecule has 0 radical (unpaired) electrons. The predicted molar refractivity (Wildman–Crippen MR) is 302 cm³/mol. The molecule has 12 rings (SSSR count). The molecule has 0 atom stereocenters. The molecule has 0 bridgehead atoms. The van der Waals surface area contributed by atoms with E-state index in [0.717, 1.165) is 90.0 Å². The lowest BCUT2D eigenvalue weighted by atomic mass is 9.74. The summed E-state index contributed by atoms with van der Waals surface area (Å²) < 4.78 is 25.1. The van der Waals surface area contributed by atoms with Gasteiger partial charge in [0, 0.05) is 67.0 Å². The Morgan fingerprint density at radius 2 is 0.833 bits per heavy atom. The topological polar surface area (TPSA) is 19.6 Å². The van der Waals surface area contributed by atoms with Crippen molar-refractivity contribution in [2.75, 3.05) is 9.80 Å². The van der Waals surface area contributed by atoms with E-state index in [0.29, 0.717) is 5.69 Å². The number of furan rings is 1. The monoisotopic (exact) mass is 952 g/mol. The zero-order chi connectivity index (χ0) is 49.5. The van der Waals surface area contributed by atoms with Gasteiger partial charge in [-0.25, -0.2) is 4.39 Å². The Bertz CT molecular complexity index is 3670. The molecule has 0 amide bonds. The summed E-state index contributed by atoms with van der Waals surface area (Å²) in [5, 5.41) is 1.44. The Hall–Kier alpha value is -7.99. The number of halogens is 1. The SMILES string of the molecule is CC1(C)c2cc(N(c3ccccc3)c3ccc([Si](C)(C)C)cc3)ccc2-c2oc3c(c21)C(C)(C)c1cc(N(c2ccccc2-c2ccccc2)c2c(F)cc(-c4ccccc4)cc2-c2ccccc2)ccc1-3. The van der Waals surface area contributed by atoms with Crippen LogP contribution in [0.15, 0.2) is 223 Å². The molecule has 0 N–H and O–H groups in total. The maximum absolute atomic E-state index is 17.9. The molecule has 10 aromatic rings. The molecular formula is C67H57FN2OSi. The van der Waals surface area contributed by atoms with Gasteiger partial charge < -0.3 is 14.2 Å². The summed E-state index contributed by atoms with van der Waals surface area (Å²) in [5.41, 5.74) is 17.3. The molecule has 1 heterocycles. The van der Waals surface area contributed by atoms with Crippen LogP contribution in [0.2, 0.25) is 19.6 Å². The highest BCUT2D eigenvalue weighted by atomic mass is 28.3. The molecule has 0 aliphatic heterocycles. The van der Waals surface area contributed by atoms with E-state index in [1.165, 1.54) is 21.9 Å². The van der Waals surface area contributed by atoms with Crippen LogP contribution in [0.25, 0.3) is 56.0 Å². The van der Waals surface area contributed by atoms with E-state index >= 15 is 4.39 Å². The second-order valence-corrected chi connectivity index (χ2v) is 26.6. The molecule has 0 spiro atoms. The molecule has 3 nitrogen and oxygen atoms in total. The molecule has 72 heavy (non-hydrogen) atoms. The molecule has 0 saturated carbocycles. The van der Waals surface area contributed by atoms with Crippen LogP contribution in [0.1, 0.15) is 49.9 Å². The van der Waals surface area contributed by atoms with Crippen LogP contribution in [0, 0.1) is 5.82 Å². The van der Waals surface area contributed by atoms with Gasteiger partial charge >= 0.3 is 0 Å². The van der Waals surface area contributed by atoms with E-state index in [4.69, 9.17) is 4.42 Å². The van der Waals surface area contributed by atoms with Gasteiger partial charge in [-0.1, -0.05) is 192 Å². The third-order valence-corrected chi connectivity index (χ3v) is 17.3. The average molecular weight is 953 g/mol. The Morgan fingerprint density at radius 3 is 1.38 bits per heavy atom. The molecule has 9 aromatic carbocycles. The summed E-state index contributed by atoms with van der Waals surface area (Å²) in [6.45, 7) is 16.6. The zero-order valence-corrected chi connectivity index (χ0v) is 43.0. The van der Waals surface area contributed by atoms with Crippen LogP contribution < -0.4 is 15.0 Å². The van der Waals surface area contributed by atoms with E-state index in [9.17, 15) is 0 Å². The van der Waals surface area contributed by atoms with Crippen LogP contribution >= 0.6 is 0 Å². The first-order valence-electron chi connectivity index (χ1n) is 25.1. The maximum Gasteiger partial charge on any atom is 0.148 e. The van der Waals surface area contributed by atoms with E-state index < -0.39 is 13.5 Å². The van der Waals surface area contributed by atoms with Crippen molar-refractivity contribution in [3.8, 4) is 56.0 Å². The molecule has 5 heteroatoms. The van der Waals surface area contributed by atoms with Crippen LogP contribution in [-0.2, 0) is 10.8 Å². The fraction of sp³-hybridized carbons (Fsp3) is 0.134. The van der Waals surface area contributed by atoms with Crippen molar-refractivity contribution < 1.29 is 8.81 Å². The van der Waals surface area contributed by atoms with Crippen molar-refractivity contribution in [2.45, 2.75) is 58.2 Å². The van der Waals surface area contributed by atoms with Crippen molar-refractivity contribution in [2.24, 2.45) is 0 Å². The minimum Gasteiger partial charge on any atom is -0.455 e. The molecule has 352 valence electrons. The summed E-state index contributed by atoms with van der Waals surface area (Å²) in [5.74, 6) is 1.56. The number of fused-ring (bicyclic) bond motifs is 7. The Kier molecular flexibility index (Phi) is 10.7. The van der Waals surface area contributed by atoms with E-state index in [1.807, 2.05) is 54.6 Å². The van der Waals surface area contributed by atoms with Gasteiger partial charge in [-0.15, -0.1) is 0 Å². The number of hydrogen-bond acceptors (Lipinski definition) is 3. The lowest BCUT2D eigenvalue weighted by molar-refractivity contribution is 0.592. The number of para-hydroxylation sites is 2. The lowest BCUT2D eigenvalue weighted by Crippen LogP contribution is -2.37. The quantitative estimate of drug-likeness (QED) is 0.127. The second kappa shape index (κ2) is 17.1. The van der Waals surface area contributed by atoms with Crippen LogP contribution in [0.4, 0.5) is 38.5 Å². The maximum atomic E-state index is 17.9. The molecule has 0 fully saturated rings. The van der Waals surface area contributed by atoms with Crippen molar-refractivity contribution in [3.05, 3.63) is 246 Å². The van der Waals surface area contributed by atoms with Crippen LogP contribution in [0.5, 0.6) is 0 Å². The van der Waals surface area contributed by atoms with Gasteiger partial charge in [0.25, 0.3) is 0 Å². The summed E-state index contributed by atoms with van der Waals surface area (Å²) >= 11 is 0. The third-order valence-electron chi connectivity index (χ3n) is 15.2. The van der Waals surface area contributed by atoms with Gasteiger partial charge in [-0.3, -0.25) is 0 Å². The van der Waals surface area contributed by atoms with Gasteiger partial charge in [0.1, 0.15) is 17.3 Å². The molecular weight excluding hydrogens is 896 g/mol. The molecule has 0 saturated heterocycles. The normalized spacial score (nSPS) is 13.8. The number of hydrogen-bond donors (Lipinski definition) is 0. The number of rotatable bonds is 10. The number of benzene rings is 9. The van der Waals surface area contributed by atoms with E-state index in [2.05, 4.69) is 215 Å². The minimum atomic E-state index is -1.49. The molecule has 2 aliphatic rings. The highest BCUT2D eigenvalue weighted by Crippen LogP contribution is 2.62. The van der Waals surface area contributed by atoms with Crippen molar-refractivity contribution in [3.63, 3.8) is 0 Å². The van der Waals surface area contributed by atoms with Gasteiger partial charge in [-0.05, 0) is 112 Å². The van der Waals surface area contributed by atoms with Crippen LogP contribution in [0.3, 0.4) is 0 Å². The highest BCUT2D eigenvalue weighted by Gasteiger charge is 2.50. The first kappa shape index (κ1) is 45.2. The minimum absolute atomic E-state index is 0.309. The largest absolute Gasteiger partial charge is 0.455 e. The van der Waals surface area contributed by atoms with Crippen LogP contribution in [-0.4, -0.2) is 8.07 Å². The van der Waals surface area contributed by atoms with Gasteiger partial charge in [-0.2, -0.15) is 0 Å². The molecule has 0 unspecified atom stereocenters. The van der Waals surface area contributed by atoms with Crippen molar-refractivity contribution in [1.29, 1.82) is 0 Å².